The summed E-state index contributed by atoms with van der Waals surface area (Å²) in [5.41, 5.74) is 3.85. The predicted octanol–water partition coefficient (Wildman–Crippen LogP) is 3.76. The van der Waals surface area contributed by atoms with E-state index in [2.05, 4.69) is 54.9 Å². The Morgan fingerprint density at radius 1 is 1.15 bits per heavy atom. The van der Waals surface area contributed by atoms with E-state index in [-0.39, 0.29) is 11.4 Å². The molecule has 0 bridgehead atoms. The van der Waals surface area contributed by atoms with Gasteiger partial charge in [0.2, 0.25) is 0 Å². The van der Waals surface area contributed by atoms with Crippen LogP contribution < -0.4 is 15.0 Å². The molecule has 33 heavy (non-hydrogen) atoms. The van der Waals surface area contributed by atoms with Gasteiger partial charge in [0.25, 0.3) is 5.91 Å². The number of amides is 1. The second-order valence-electron chi connectivity index (χ2n) is 9.79. The Morgan fingerprint density at radius 2 is 1.88 bits per heavy atom. The Morgan fingerprint density at radius 3 is 2.48 bits per heavy atom. The Bertz CT molecular complexity index is 1130. The highest BCUT2D eigenvalue weighted by atomic mass is 16.5. The molecular weight excluding hydrogens is 414 g/mol. The molecule has 1 unspecified atom stereocenters. The molecule has 1 aliphatic heterocycles. The van der Waals surface area contributed by atoms with Crippen molar-refractivity contribution in [1.82, 2.24) is 20.0 Å². The summed E-state index contributed by atoms with van der Waals surface area (Å²) in [6.45, 7) is 12.7. The third-order valence-corrected chi connectivity index (χ3v) is 6.52. The van der Waals surface area contributed by atoms with Crippen LogP contribution in [0.4, 0.5) is 5.69 Å². The highest BCUT2D eigenvalue weighted by Gasteiger charge is 2.31. The lowest BCUT2D eigenvalue weighted by Crippen LogP contribution is -2.58. The molecule has 0 aliphatic carbocycles. The quantitative estimate of drug-likeness (QED) is 0.643. The van der Waals surface area contributed by atoms with Gasteiger partial charge in [-0.15, -0.1) is 0 Å². The third kappa shape index (κ3) is 4.69. The second-order valence-corrected chi connectivity index (χ2v) is 9.79. The van der Waals surface area contributed by atoms with E-state index in [1.807, 2.05) is 35.0 Å². The van der Waals surface area contributed by atoms with Gasteiger partial charge in [0.05, 0.1) is 19.2 Å². The van der Waals surface area contributed by atoms with Crippen LogP contribution in [0.3, 0.4) is 0 Å². The number of carbonyl (C=O) groups is 1. The zero-order valence-corrected chi connectivity index (χ0v) is 20.6. The first-order chi connectivity index (χ1) is 15.7. The van der Waals surface area contributed by atoms with Crippen molar-refractivity contribution >= 4 is 22.5 Å². The molecule has 1 fully saturated rings. The van der Waals surface area contributed by atoms with E-state index in [1.54, 1.807) is 14.2 Å². The lowest BCUT2D eigenvalue weighted by Gasteiger charge is -2.47. The van der Waals surface area contributed by atoms with Crippen LogP contribution in [0.5, 0.6) is 5.75 Å². The topological polar surface area (TPSA) is 62.6 Å². The minimum Gasteiger partial charge on any atom is -0.497 e. The van der Waals surface area contributed by atoms with Gasteiger partial charge in [-0.2, -0.15) is 5.10 Å². The zero-order valence-electron chi connectivity index (χ0n) is 20.6. The number of aromatic nitrogens is 2. The number of rotatable bonds is 5. The monoisotopic (exact) mass is 449 g/mol. The maximum absolute atomic E-state index is 12.5. The number of methoxy groups -OCH3 is 1. The average molecular weight is 450 g/mol. The van der Waals surface area contributed by atoms with Crippen LogP contribution in [0, 0.1) is 0 Å². The van der Waals surface area contributed by atoms with Crippen LogP contribution >= 0.6 is 0 Å². The van der Waals surface area contributed by atoms with Crippen LogP contribution in [0.25, 0.3) is 10.9 Å². The van der Waals surface area contributed by atoms with E-state index in [0.29, 0.717) is 18.3 Å². The van der Waals surface area contributed by atoms with Gasteiger partial charge < -0.3 is 15.0 Å². The summed E-state index contributed by atoms with van der Waals surface area (Å²) in [5, 5.41) is 8.28. The molecule has 1 aromatic heterocycles. The molecule has 0 spiro atoms. The van der Waals surface area contributed by atoms with Gasteiger partial charge in [-0.3, -0.25) is 14.4 Å². The Balaban J connectivity index is 1.68. The number of piperazine rings is 1. The fourth-order valence-corrected chi connectivity index (χ4v) is 4.86. The van der Waals surface area contributed by atoms with Crippen LogP contribution in [-0.4, -0.2) is 66.0 Å². The Hall–Kier alpha value is -3.06. The summed E-state index contributed by atoms with van der Waals surface area (Å²) in [5.74, 6) is 0.648. The van der Waals surface area contributed by atoms with Gasteiger partial charge in [-0.25, -0.2) is 0 Å². The smallest absolute Gasteiger partial charge is 0.272 e. The molecule has 7 heteroatoms. The largest absolute Gasteiger partial charge is 0.497 e. The van der Waals surface area contributed by atoms with E-state index >= 15 is 0 Å². The normalized spacial score (nSPS) is 17.4. The lowest BCUT2D eigenvalue weighted by molar-refractivity contribution is 0.0799. The molecule has 7 nitrogen and oxygen atoms in total. The molecule has 176 valence electrons. The van der Waals surface area contributed by atoms with Gasteiger partial charge in [-0.05, 0) is 63.6 Å². The maximum Gasteiger partial charge on any atom is 0.272 e. The van der Waals surface area contributed by atoms with Crippen molar-refractivity contribution in [2.24, 2.45) is 0 Å². The highest BCUT2D eigenvalue weighted by Crippen LogP contribution is 2.29. The number of ether oxygens (including phenoxy) is 1. The van der Waals surface area contributed by atoms with Gasteiger partial charge in [0, 0.05) is 49.3 Å². The SMILES string of the molecule is CNC(=O)c1nn(Cc2ccc(OC)cc2)c2cc(N3CCN(C(C)(C)C)C(C)C3)ccc12. The first-order valence-corrected chi connectivity index (χ1v) is 11.6. The summed E-state index contributed by atoms with van der Waals surface area (Å²) < 4.78 is 7.21. The molecule has 1 N–H and O–H groups in total. The number of benzene rings is 2. The third-order valence-electron chi connectivity index (χ3n) is 6.52. The molecule has 0 saturated carbocycles. The summed E-state index contributed by atoms with van der Waals surface area (Å²) in [4.78, 5) is 17.5. The van der Waals surface area contributed by atoms with Crippen LogP contribution in [0.1, 0.15) is 43.7 Å². The average Bonchev–Trinajstić information content (AvgIpc) is 3.15. The molecule has 2 aromatic carbocycles. The molecule has 0 radical (unpaired) electrons. The summed E-state index contributed by atoms with van der Waals surface area (Å²) in [6, 6.07) is 14.7. The van der Waals surface area contributed by atoms with Crippen LogP contribution in [-0.2, 0) is 6.54 Å². The van der Waals surface area contributed by atoms with Crippen molar-refractivity contribution in [2.45, 2.75) is 45.8 Å². The van der Waals surface area contributed by atoms with Crippen molar-refractivity contribution in [1.29, 1.82) is 0 Å². The first kappa shape index (κ1) is 23.1. The number of nitrogens with one attached hydrogen (secondary N) is 1. The number of hydrogen-bond acceptors (Lipinski definition) is 5. The van der Waals surface area contributed by atoms with Gasteiger partial charge >= 0.3 is 0 Å². The van der Waals surface area contributed by atoms with Gasteiger partial charge in [0.15, 0.2) is 5.69 Å². The Labute approximate surface area is 196 Å². The molecule has 1 amide bonds. The van der Waals surface area contributed by atoms with Gasteiger partial charge in [-0.1, -0.05) is 12.1 Å². The number of hydrogen-bond donors (Lipinski definition) is 1. The van der Waals surface area contributed by atoms with Crippen LogP contribution in [0.2, 0.25) is 0 Å². The summed E-state index contributed by atoms with van der Waals surface area (Å²) in [7, 11) is 3.30. The molecular formula is C26H35N5O2. The molecule has 1 aliphatic rings. The highest BCUT2D eigenvalue weighted by molar-refractivity contribution is 6.05. The van der Waals surface area contributed by atoms with E-state index in [9.17, 15) is 4.79 Å². The van der Waals surface area contributed by atoms with E-state index in [0.717, 1.165) is 41.9 Å². The number of carbonyl (C=O) groups excluding carboxylic acids is 1. The van der Waals surface area contributed by atoms with Crippen molar-refractivity contribution in [3.8, 4) is 5.75 Å². The van der Waals surface area contributed by atoms with E-state index < -0.39 is 0 Å². The van der Waals surface area contributed by atoms with Crippen molar-refractivity contribution in [2.75, 3.05) is 38.7 Å². The minimum absolute atomic E-state index is 0.162. The first-order valence-electron chi connectivity index (χ1n) is 11.6. The van der Waals surface area contributed by atoms with E-state index in [1.165, 1.54) is 5.69 Å². The molecule has 3 aromatic rings. The standard InChI is InChI=1S/C26H35N5O2/c1-18-16-29(13-14-30(18)26(2,3)4)20-9-12-22-23(15-20)31(28-24(22)25(32)27-5)17-19-7-10-21(33-6)11-8-19/h7-12,15,18H,13-14,16-17H2,1-6H3,(H,27,32). The predicted molar refractivity (Wildman–Crippen MR) is 133 cm³/mol. The minimum atomic E-state index is -0.173. The second kappa shape index (κ2) is 9.06. The van der Waals surface area contributed by atoms with Crippen molar-refractivity contribution < 1.29 is 9.53 Å². The van der Waals surface area contributed by atoms with Crippen molar-refractivity contribution in [3.63, 3.8) is 0 Å². The Kier molecular flexibility index (Phi) is 6.34. The lowest BCUT2D eigenvalue weighted by atomic mass is 10.0. The number of nitrogens with zero attached hydrogens (tertiary/aromatic N) is 4. The number of anilines is 1. The summed E-state index contributed by atoms with van der Waals surface area (Å²) in [6.07, 6.45) is 0. The molecule has 1 atom stereocenters. The molecule has 2 heterocycles. The fraction of sp³-hybridized carbons (Fsp3) is 0.462. The fourth-order valence-electron chi connectivity index (χ4n) is 4.86. The molecule has 4 rings (SSSR count). The molecule has 1 saturated heterocycles. The van der Waals surface area contributed by atoms with Crippen molar-refractivity contribution in [3.05, 3.63) is 53.7 Å². The number of fused-ring (bicyclic) bond motifs is 1. The van der Waals surface area contributed by atoms with Crippen LogP contribution in [0.15, 0.2) is 42.5 Å². The van der Waals surface area contributed by atoms with E-state index in [4.69, 9.17) is 9.84 Å². The van der Waals surface area contributed by atoms with Gasteiger partial charge in [0.1, 0.15) is 5.75 Å². The summed E-state index contributed by atoms with van der Waals surface area (Å²) >= 11 is 0. The maximum atomic E-state index is 12.5. The zero-order chi connectivity index (χ0) is 23.8.